The third-order valence-electron chi connectivity index (χ3n) is 3.92. The number of hydrogen-bond donors (Lipinski definition) is 2. The highest BCUT2D eigenvalue weighted by Crippen LogP contribution is 2.18. The molecule has 140 valence electrons. The summed E-state index contributed by atoms with van der Waals surface area (Å²) in [5, 5.41) is 2.82. The summed E-state index contributed by atoms with van der Waals surface area (Å²) in [4.78, 5) is 20.0. The number of nitrogens with zero attached hydrogens (tertiary/aromatic N) is 3. The number of nitrogens with two attached hydrogens (primary N) is 1. The van der Waals surface area contributed by atoms with E-state index in [-0.39, 0.29) is 29.3 Å². The maximum absolute atomic E-state index is 12.8. The van der Waals surface area contributed by atoms with Crippen LogP contribution in [0.5, 0.6) is 0 Å². The molecule has 2 rings (SSSR count). The molecule has 9 heteroatoms. The van der Waals surface area contributed by atoms with Crippen molar-refractivity contribution in [3.8, 4) is 0 Å². The molecule has 0 bridgehead atoms. The third kappa shape index (κ3) is 4.77. The molecule has 26 heavy (non-hydrogen) atoms. The number of aromatic nitrogens is 2. The summed E-state index contributed by atoms with van der Waals surface area (Å²) in [5.74, 6) is -0.176. The lowest BCUT2D eigenvalue weighted by atomic mass is 10.2. The predicted molar refractivity (Wildman–Crippen MR) is 98.8 cm³/mol. The number of sulfonamides is 1. The summed E-state index contributed by atoms with van der Waals surface area (Å²) in [6.07, 6.45) is 3.74. The van der Waals surface area contributed by atoms with Crippen LogP contribution in [-0.2, 0) is 16.6 Å². The Morgan fingerprint density at radius 3 is 2.58 bits per heavy atom. The second-order valence-electron chi connectivity index (χ2n) is 6.02. The van der Waals surface area contributed by atoms with E-state index in [0.29, 0.717) is 11.1 Å². The van der Waals surface area contributed by atoms with Crippen LogP contribution in [0.2, 0.25) is 0 Å². The Morgan fingerprint density at radius 1 is 1.31 bits per heavy atom. The van der Waals surface area contributed by atoms with Crippen LogP contribution in [0.25, 0.3) is 0 Å². The van der Waals surface area contributed by atoms with E-state index in [9.17, 15) is 13.2 Å². The van der Waals surface area contributed by atoms with E-state index in [1.807, 2.05) is 13.8 Å². The molecule has 0 aliphatic rings. The van der Waals surface area contributed by atoms with Gasteiger partial charge in [0.05, 0.1) is 4.90 Å². The lowest BCUT2D eigenvalue weighted by Gasteiger charge is -2.18. The fourth-order valence-corrected chi connectivity index (χ4v) is 3.38. The first-order chi connectivity index (χ1) is 12.2. The van der Waals surface area contributed by atoms with Gasteiger partial charge in [-0.15, -0.1) is 0 Å². The van der Waals surface area contributed by atoms with Crippen LogP contribution in [0.3, 0.4) is 0 Å². The zero-order valence-corrected chi connectivity index (χ0v) is 15.8. The summed E-state index contributed by atoms with van der Waals surface area (Å²) in [6.45, 7) is 3.94. The molecule has 0 aliphatic carbocycles. The second-order valence-corrected chi connectivity index (χ2v) is 8.07. The smallest absolute Gasteiger partial charge is 0.251 e. The minimum atomic E-state index is -3.77. The first kappa shape index (κ1) is 19.8. The van der Waals surface area contributed by atoms with Gasteiger partial charge in [-0.2, -0.15) is 4.31 Å². The van der Waals surface area contributed by atoms with Gasteiger partial charge in [-0.25, -0.2) is 18.4 Å². The van der Waals surface area contributed by atoms with Gasteiger partial charge < -0.3 is 11.1 Å². The maximum atomic E-state index is 12.8. The summed E-state index contributed by atoms with van der Waals surface area (Å²) >= 11 is 0. The summed E-state index contributed by atoms with van der Waals surface area (Å²) < 4.78 is 26.7. The van der Waals surface area contributed by atoms with Gasteiger partial charge in [0, 0.05) is 43.2 Å². The van der Waals surface area contributed by atoms with Gasteiger partial charge in [0.2, 0.25) is 16.0 Å². The van der Waals surface area contributed by atoms with Crippen molar-refractivity contribution < 1.29 is 13.2 Å². The monoisotopic (exact) mass is 377 g/mol. The molecule has 1 aromatic carbocycles. The van der Waals surface area contributed by atoms with Gasteiger partial charge in [0.15, 0.2) is 0 Å². The van der Waals surface area contributed by atoms with Gasteiger partial charge in [-0.05, 0) is 31.5 Å². The Morgan fingerprint density at radius 2 is 1.96 bits per heavy atom. The number of benzene rings is 1. The Hall–Kier alpha value is -2.52. The summed E-state index contributed by atoms with van der Waals surface area (Å²) in [5.41, 5.74) is 6.34. The Balaban J connectivity index is 2.21. The minimum Gasteiger partial charge on any atom is -0.368 e. The topological polar surface area (TPSA) is 118 Å². The average molecular weight is 377 g/mol. The van der Waals surface area contributed by atoms with Gasteiger partial charge in [-0.3, -0.25) is 4.79 Å². The van der Waals surface area contributed by atoms with E-state index in [1.54, 1.807) is 12.1 Å². The van der Waals surface area contributed by atoms with Crippen molar-refractivity contribution in [3.05, 3.63) is 47.8 Å². The molecule has 3 N–H and O–H groups in total. The molecular weight excluding hydrogens is 354 g/mol. The van der Waals surface area contributed by atoms with E-state index in [2.05, 4.69) is 15.3 Å². The van der Waals surface area contributed by atoms with Crippen LogP contribution in [-0.4, -0.2) is 41.7 Å². The molecule has 0 aliphatic heterocycles. The van der Waals surface area contributed by atoms with Gasteiger partial charge in [0.25, 0.3) is 5.91 Å². The van der Waals surface area contributed by atoms with E-state index in [1.165, 1.54) is 35.9 Å². The lowest BCUT2D eigenvalue weighted by molar-refractivity contribution is 0.0939. The third-order valence-corrected chi connectivity index (χ3v) is 5.72. The van der Waals surface area contributed by atoms with Crippen LogP contribution in [0, 0.1) is 0 Å². The van der Waals surface area contributed by atoms with E-state index < -0.39 is 10.0 Å². The highest BCUT2D eigenvalue weighted by molar-refractivity contribution is 7.89. The SMILES string of the molecule is CCC(C)NC(=O)c1cccc(S(=O)(=O)N(C)Cc2cnc(N)nc2)c1. The number of anilines is 1. The first-order valence-electron chi connectivity index (χ1n) is 8.17. The molecule has 1 unspecified atom stereocenters. The molecule has 1 atom stereocenters. The zero-order valence-electron chi connectivity index (χ0n) is 15.0. The molecule has 2 aromatic rings. The van der Waals surface area contributed by atoms with Crippen molar-refractivity contribution in [2.24, 2.45) is 0 Å². The van der Waals surface area contributed by atoms with Gasteiger partial charge in [-0.1, -0.05) is 13.0 Å². The number of carbonyl (C=O) groups excluding carboxylic acids is 1. The van der Waals surface area contributed by atoms with Crippen molar-refractivity contribution in [2.45, 2.75) is 37.8 Å². The number of carbonyl (C=O) groups is 1. The molecule has 0 saturated carbocycles. The Bertz CT molecular complexity index is 868. The molecule has 0 fully saturated rings. The van der Waals surface area contributed by atoms with E-state index in [0.717, 1.165) is 6.42 Å². The molecule has 0 radical (unpaired) electrons. The Labute approximate surface area is 153 Å². The molecule has 0 spiro atoms. The molecule has 8 nitrogen and oxygen atoms in total. The predicted octanol–water partition coefficient (Wildman–Crippen LogP) is 1.41. The van der Waals surface area contributed by atoms with Crippen LogP contribution in [0.1, 0.15) is 36.2 Å². The fraction of sp³-hybridized carbons (Fsp3) is 0.353. The van der Waals surface area contributed by atoms with E-state index >= 15 is 0 Å². The zero-order chi connectivity index (χ0) is 19.3. The molecule has 1 heterocycles. The van der Waals surface area contributed by atoms with Crippen LogP contribution in [0.4, 0.5) is 5.95 Å². The second kappa shape index (κ2) is 8.24. The molecule has 0 saturated heterocycles. The quantitative estimate of drug-likeness (QED) is 0.753. The van der Waals surface area contributed by atoms with Crippen molar-refractivity contribution in [1.29, 1.82) is 0 Å². The maximum Gasteiger partial charge on any atom is 0.251 e. The highest BCUT2D eigenvalue weighted by atomic mass is 32.2. The fourth-order valence-electron chi connectivity index (χ4n) is 2.18. The van der Waals surface area contributed by atoms with Crippen molar-refractivity contribution in [1.82, 2.24) is 19.6 Å². The minimum absolute atomic E-state index is 0.0101. The van der Waals surface area contributed by atoms with Gasteiger partial charge >= 0.3 is 0 Å². The number of nitrogens with one attached hydrogen (secondary N) is 1. The standard InChI is InChI=1S/C17H23N5O3S/c1-4-12(2)21-16(23)14-6-5-7-15(8-14)26(24,25)22(3)11-13-9-19-17(18)20-10-13/h5-10,12H,4,11H2,1-3H3,(H,21,23)(H2,18,19,20). The Kier molecular flexibility index (Phi) is 6.27. The molecule has 1 amide bonds. The number of rotatable bonds is 7. The van der Waals surface area contributed by atoms with Crippen LogP contribution < -0.4 is 11.1 Å². The van der Waals surface area contributed by atoms with Crippen molar-refractivity contribution >= 4 is 21.9 Å². The first-order valence-corrected chi connectivity index (χ1v) is 9.61. The lowest BCUT2D eigenvalue weighted by Crippen LogP contribution is -2.32. The van der Waals surface area contributed by atoms with Crippen LogP contribution in [0.15, 0.2) is 41.6 Å². The van der Waals surface area contributed by atoms with Gasteiger partial charge in [0.1, 0.15) is 0 Å². The van der Waals surface area contributed by atoms with Crippen molar-refractivity contribution in [3.63, 3.8) is 0 Å². The highest BCUT2D eigenvalue weighted by Gasteiger charge is 2.22. The summed E-state index contributed by atoms with van der Waals surface area (Å²) in [6, 6.07) is 5.99. The number of amides is 1. The van der Waals surface area contributed by atoms with E-state index in [4.69, 9.17) is 5.73 Å². The molecular formula is C17H23N5O3S. The number of nitrogen functional groups attached to an aromatic ring is 1. The summed E-state index contributed by atoms with van der Waals surface area (Å²) in [7, 11) is -2.31. The average Bonchev–Trinajstić information content (AvgIpc) is 2.63. The largest absolute Gasteiger partial charge is 0.368 e. The normalized spacial score (nSPS) is 12.8. The number of hydrogen-bond acceptors (Lipinski definition) is 6. The van der Waals surface area contributed by atoms with Crippen molar-refractivity contribution in [2.75, 3.05) is 12.8 Å². The molecule has 1 aromatic heterocycles. The van der Waals surface area contributed by atoms with Crippen LogP contribution >= 0.6 is 0 Å².